The minimum Gasteiger partial charge on any atom is -0.378 e. The number of rotatable bonds is 2. The van der Waals surface area contributed by atoms with Crippen LogP contribution in [0.25, 0.3) is 0 Å². The summed E-state index contributed by atoms with van der Waals surface area (Å²) >= 11 is 1.61. The summed E-state index contributed by atoms with van der Waals surface area (Å²) in [5.41, 5.74) is 0. The van der Waals surface area contributed by atoms with Crippen molar-refractivity contribution < 1.29 is 4.74 Å². The quantitative estimate of drug-likeness (QED) is 0.600. The second-order valence-electron chi connectivity index (χ2n) is 1.36. The highest BCUT2D eigenvalue weighted by atomic mass is 32.1. The van der Waals surface area contributed by atoms with Gasteiger partial charge in [0.2, 0.25) is 0 Å². The average molecular weight is 129 g/mol. The van der Waals surface area contributed by atoms with Crippen LogP contribution in [-0.2, 0) is 11.3 Å². The fourth-order valence-corrected chi connectivity index (χ4v) is 1.03. The number of thiazole rings is 1. The van der Waals surface area contributed by atoms with E-state index in [1.807, 2.05) is 5.38 Å². The molecule has 0 unspecified atom stereocenters. The molecule has 0 saturated carbocycles. The number of hydrogen-bond donors (Lipinski definition) is 0. The third-order valence-corrected chi connectivity index (χ3v) is 1.50. The molecule has 0 aliphatic carbocycles. The van der Waals surface area contributed by atoms with E-state index in [1.54, 1.807) is 24.6 Å². The van der Waals surface area contributed by atoms with Crippen molar-refractivity contribution in [2.45, 2.75) is 6.61 Å². The van der Waals surface area contributed by atoms with Crippen LogP contribution in [0.15, 0.2) is 11.6 Å². The number of nitrogens with zero attached hydrogens (tertiary/aromatic N) is 1. The number of methoxy groups -OCH3 is 1. The Kier molecular flexibility index (Phi) is 2.00. The first-order valence-corrected chi connectivity index (χ1v) is 3.19. The van der Waals surface area contributed by atoms with Gasteiger partial charge in [0.25, 0.3) is 0 Å². The first kappa shape index (κ1) is 5.72. The Hall–Kier alpha value is -0.410. The Balaban J connectivity index is 2.50. The summed E-state index contributed by atoms with van der Waals surface area (Å²) < 4.78 is 4.83. The van der Waals surface area contributed by atoms with Gasteiger partial charge >= 0.3 is 0 Å². The molecule has 0 N–H and O–H groups in total. The molecular weight excluding hydrogens is 122 g/mol. The first-order valence-electron chi connectivity index (χ1n) is 2.31. The zero-order chi connectivity index (χ0) is 5.82. The zero-order valence-electron chi connectivity index (χ0n) is 4.63. The molecule has 1 aromatic rings. The van der Waals surface area contributed by atoms with Crippen LogP contribution >= 0.6 is 11.3 Å². The molecule has 1 rings (SSSR count). The van der Waals surface area contributed by atoms with Crippen LogP contribution in [0.1, 0.15) is 5.01 Å². The predicted molar refractivity (Wildman–Crippen MR) is 32.8 cm³/mol. The molecule has 8 heavy (non-hydrogen) atoms. The molecule has 0 amide bonds. The molecule has 3 heteroatoms. The standard InChI is InChI=1S/C5H7NOS/c1-7-4-5-6-2-3-8-5/h2-3H,4H2,1H3. The van der Waals surface area contributed by atoms with Crippen molar-refractivity contribution in [1.29, 1.82) is 0 Å². The molecule has 0 bridgehead atoms. The Morgan fingerprint density at radius 3 is 3.25 bits per heavy atom. The van der Waals surface area contributed by atoms with Crippen LogP contribution in [0, 0.1) is 0 Å². The molecule has 0 saturated heterocycles. The van der Waals surface area contributed by atoms with Gasteiger partial charge in [0.1, 0.15) is 5.01 Å². The lowest BCUT2D eigenvalue weighted by molar-refractivity contribution is 0.184. The van der Waals surface area contributed by atoms with E-state index >= 15 is 0 Å². The van der Waals surface area contributed by atoms with Crippen LogP contribution in [0.4, 0.5) is 0 Å². The van der Waals surface area contributed by atoms with Crippen LogP contribution < -0.4 is 0 Å². The Morgan fingerprint density at radius 2 is 2.75 bits per heavy atom. The van der Waals surface area contributed by atoms with Crippen molar-refractivity contribution >= 4 is 11.3 Å². The second-order valence-corrected chi connectivity index (χ2v) is 2.34. The van der Waals surface area contributed by atoms with Gasteiger partial charge in [0.05, 0.1) is 6.61 Å². The maximum absolute atomic E-state index is 4.83. The minimum atomic E-state index is 0.637. The summed E-state index contributed by atoms with van der Waals surface area (Å²) in [5.74, 6) is 0. The highest BCUT2D eigenvalue weighted by molar-refractivity contribution is 7.09. The molecule has 0 fully saturated rings. The molecule has 0 atom stereocenters. The van der Waals surface area contributed by atoms with Crippen molar-refractivity contribution in [1.82, 2.24) is 4.98 Å². The van der Waals surface area contributed by atoms with Crippen molar-refractivity contribution in [3.05, 3.63) is 16.6 Å². The van der Waals surface area contributed by atoms with E-state index in [2.05, 4.69) is 4.98 Å². The molecule has 0 aliphatic rings. The van der Waals surface area contributed by atoms with E-state index < -0.39 is 0 Å². The van der Waals surface area contributed by atoms with E-state index in [-0.39, 0.29) is 0 Å². The topological polar surface area (TPSA) is 22.1 Å². The first-order chi connectivity index (χ1) is 3.93. The van der Waals surface area contributed by atoms with Crippen LogP contribution in [0.2, 0.25) is 0 Å². The zero-order valence-corrected chi connectivity index (χ0v) is 5.44. The van der Waals surface area contributed by atoms with Gasteiger partial charge in [-0.05, 0) is 0 Å². The summed E-state index contributed by atoms with van der Waals surface area (Å²) in [4.78, 5) is 4.00. The highest BCUT2D eigenvalue weighted by Crippen LogP contribution is 2.03. The lowest BCUT2D eigenvalue weighted by Gasteiger charge is -1.87. The number of hydrogen-bond acceptors (Lipinski definition) is 3. The molecule has 0 aromatic carbocycles. The number of aromatic nitrogens is 1. The highest BCUT2D eigenvalue weighted by Gasteiger charge is 1.89. The molecule has 0 aliphatic heterocycles. The van der Waals surface area contributed by atoms with Crippen LogP contribution in [-0.4, -0.2) is 12.1 Å². The summed E-state index contributed by atoms with van der Waals surface area (Å²) in [6.07, 6.45) is 1.78. The largest absolute Gasteiger partial charge is 0.378 e. The van der Waals surface area contributed by atoms with Gasteiger partial charge in [0.15, 0.2) is 0 Å². The maximum atomic E-state index is 4.83. The second kappa shape index (κ2) is 2.79. The van der Waals surface area contributed by atoms with Gasteiger partial charge in [0, 0.05) is 18.7 Å². The molecular formula is C5H7NOS. The van der Waals surface area contributed by atoms with E-state index in [9.17, 15) is 0 Å². The third-order valence-electron chi connectivity index (χ3n) is 0.751. The molecule has 1 heterocycles. The minimum absolute atomic E-state index is 0.637. The summed E-state index contributed by atoms with van der Waals surface area (Å²) in [7, 11) is 1.67. The fourth-order valence-electron chi connectivity index (χ4n) is 0.448. The van der Waals surface area contributed by atoms with E-state index in [1.165, 1.54) is 0 Å². The summed E-state index contributed by atoms with van der Waals surface area (Å²) in [6.45, 7) is 0.637. The smallest absolute Gasteiger partial charge is 0.118 e. The summed E-state index contributed by atoms with van der Waals surface area (Å²) in [5, 5.41) is 2.97. The van der Waals surface area contributed by atoms with E-state index in [0.29, 0.717) is 6.61 Å². The van der Waals surface area contributed by atoms with E-state index in [0.717, 1.165) is 5.01 Å². The van der Waals surface area contributed by atoms with Gasteiger partial charge in [-0.3, -0.25) is 0 Å². The van der Waals surface area contributed by atoms with Crippen molar-refractivity contribution in [2.24, 2.45) is 0 Å². The van der Waals surface area contributed by atoms with Crippen LogP contribution in [0.5, 0.6) is 0 Å². The normalized spacial score (nSPS) is 9.62. The molecule has 44 valence electrons. The van der Waals surface area contributed by atoms with Gasteiger partial charge < -0.3 is 4.74 Å². The maximum Gasteiger partial charge on any atom is 0.118 e. The Morgan fingerprint density at radius 1 is 1.88 bits per heavy atom. The lowest BCUT2D eigenvalue weighted by atomic mass is 10.7. The SMILES string of the molecule is COCc1nccs1. The van der Waals surface area contributed by atoms with E-state index in [4.69, 9.17) is 4.74 Å². The molecule has 1 aromatic heterocycles. The van der Waals surface area contributed by atoms with Crippen molar-refractivity contribution in [2.75, 3.05) is 7.11 Å². The molecule has 0 spiro atoms. The van der Waals surface area contributed by atoms with Gasteiger partial charge in [-0.15, -0.1) is 11.3 Å². The average Bonchev–Trinajstić information content (AvgIpc) is 2.19. The van der Waals surface area contributed by atoms with Crippen LogP contribution in [0.3, 0.4) is 0 Å². The third kappa shape index (κ3) is 1.28. The predicted octanol–water partition coefficient (Wildman–Crippen LogP) is 1.29. The van der Waals surface area contributed by atoms with Gasteiger partial charge in [-0.2, -0.15) is 0 Å². The Bertz CT molecular complexity index is 138. The summed E-state index contributed by atoms with van der Waals surface area (Å²) in [6, 6.07) is 0. The monoisotopic (exact) mass is 129 g/mol. The molecule has 0 radical (unpaired) electrons. The van der Waals surface area contributed by atoms with Crippen molar-refractivity contribution in [3.63, 3.8) is 0 Å². The van der Waals surface area contributed by atoms with Gasteiger partial charge in [-0.25, -0.2) is 4.98 Å². The molecule has 2 nitrogen and oxygen atoms in total. The van der Waals surface area contributed by atoms with Gasteiger partial charge in [-0.1, -0.05) is 0 Å². The number of ether oxygens (including phenoxy) is 1. The lowest BCUT2D eigenvalue weighted by Crippen LogP contribution is -1.82. The fraction of sp³-hybridized carbons (Fsp3) is 0.400. The van der Waals surface area contributed by atoms with Crippen molar-refractivity contribution in [3.8, 4) is 0 Å². The Labute approximate surface area is 52.1 Å².